The molecule has 82 heavy (non-hydrogen) atoms. The van der Waals surface area contributed by atoms with Gasteiger partial charge in [-0.25, -0.2) is 0 Å². The summed E-state index contributed by atoms with van der Waals surface area (Å²) in [4.78, 5) is 24.6. The van der Waals surface area contributed by atoms with Gasteiger partial charge in [0.05, 0.1) is 25.4 Å². The monoisotopic (exact) mass is 1150 g/mol. The van der Waals surface area contributed by atoms with Gasteiger partial charge in [0.25, 0.3) is 0 Å². The number of hydrogen-bond donors (Lipinski definition) is 3. The zero-order valence-electron chi connectivity index (χ0n) is 55.8. The van der Waals surface area contributed by atoms with E-state index in [2.05, 4.69) is 43.5 Å². The van der Waals surface area contributed by atoms with Crippen molar-refractivity contribution in [2.24, 2.45) is 0 Å². The summed E-state index contributed by atoms with van der Waals surface area (Å²) in [7, 11) is 0. The average molecular weight is 1160 g/mol. The summed E-state index contributed by atoms with van der Waals surface area (Å²) in [5.74, 6) is -0.0115. The number of unbranched alkanes of at least 4 members (excludes halogenated alkanes) is 56. The Morgan fingerprint density at radius 1 is 0.329 bits per heavy atom. The second kappa shape index (κ2) is 71.8. The number of carbonyl (C=O) groups is 2. The molecule has 0 spiro atoms. The Hall–Kier alpha value is -1.66. The normalized spacial score (nSPS) is 12.6. The van der Waals surface area contributed by atoms with E-state index in [1.807, 2.05) is 0 Å². The molecular weight excluding hydrogens is 1010 g/mol. The Balaban J connectivity index is 3.31. The Kier molecular flexibility index (Phi) is 70.4. The highest BCUT2D eigenvalue weighted by Crippen LogP contribution is 2.19. The van der Waals surface area contributed by atoms with Crippen molar-refractivity contribution in [2.45, 2.75) is 437 Å². The van der Waals surface area contributed by atoms with Crippen LogP contribution in [0.15, 0.2) is 24.3 Å². The maximum Gasteiger partial charge on any atom is 0.305 e. The van der Waals surface area contributed by atoms with Crippen molar-refractivity contribution in [1.29, 1.82) is 0 Å². The van der Waals surface area contributed by atoms with Crippen LogP contribution in [0.4, 0.5) is 0 Å². The Morgan fingerprint density at radius 2 is 0.573 bits per heavy atom. The molecule has 0 radical (unpaired) electrons. The van der Waals surface area contributed by atoms with E-state index >= 15 is 0 Å². The second-order valence-corrected chi connectivity index (χ2v) is 26.0. The first-order valence-electron chi connectivity index (χ1n) is 37.6. The highest BCUT2D eigenvalue weighted by atomic mass is 16.5. The lowest BCUT2D eigenvalue weighted by Crippen LogP contribution is -2.45. The molecule has 0 aliphatic carbocycles. The molecule has 0 saturated heterocycles. The number of amides is 1. The van der Waals surface area contributed by atoms with Gasteiger partial charge in [0, 0.05) is 12.8 Å². The lowest BCUT2D eigenvalue weighted by molar-refractivity contribution is -0.143. The van der Waals surface area contributed by atoms with Gasteiger partial charge in [-0.3, -0.25) is 9.59 Å². The smallest absolute Gasteiger partial charge is 0.305 e. The molecule has 1 amide bonds. The summed E-state index contributed by atoms with van der Waals surface area (Å²) in [5, 5.41) is 23.3. The quantitative estimate of drug-likeness (QED) is 0.0320. The van der Waals surface area contributed by atoms with Crippen molar-refractivity contribution in [1.82, 2.24) is 5.32 Å². The third-order valence-corrected chi connectivity index (χ3v) is 17.7. The SMILES string of the molecule is CCCCCCCCC/C=C\CCCCCCCCCC(=O)OCCCCCCCCCCCCCCCC/C=C\CCCCCCCCCCCCCCCCCCCC(=O)NC(CO)C(O)CCCCCCCCCCCCCC. The molecule has 0 aromatic heterocycles. The van der Waals surface area contributed by atoms with E-state index in [4.69, 9.17) is 4.74 Å². The number of allylic oxidation sites excluding steroid dienone is 4. The van der Waals surface area contributed by atoms with E-state index in [0.717, 1.165) is 44.9 Å². The van der Waals surface area contributed by atoms with E-state index in [0.29, 0.717) is 25.9 Å². The number of aliphatic hydroxyl groups is 2. The molecule has 0 saturated carbocycles. The van der Waals surface area contributed by atoms with Crippen molar-refractivity contribution in [3.63, 3.8) is 0 Å². The van der Waals surface area contributed by atoms with E-state index in [1.54, 1.807) is 0 Å². The lowest BCUT2D eigenvalue weighted by atomic mass is 10.0. The minimum Gasteiger partial charge on any atom is -0.466 e. The second-order valence-electron chi connectivity index (χ2n) is 26.0. The van der Waals surface area contributed by atoms with Crippen LogP contribution in [-0.2, 0) is 14.3 Å². The fourth-order valence-corrected chi connectivity index (χ4v) is 12.0. The van der Waals surface area contributed by atoms with Crippen LogP contribution in [0.2, 0.25) is 0 Å². The van der Waals surface area contributed by atoms with Crippen molar-refractivity contribution >= 4 is 11.9 Å². The molecule has 6 heteroatoms. The minimum absolute atomic E-state index is 0.0181. The summed E-state index contributed by atoms with van der Waals surface area (Å²) < 4.78 is 5.51. The van der Waals surface area contributed by atoms with Crippen LogP contribution in [0.5, 0.6) is 0 Å². The first-order valence-corrected chi connectivity index (χ1v) is 37.6. The van der Waals surface area contributed by atoms with Crippen LogP contribution in [0.3, 0.4) is 0 Å². The molecule has 0 aliphatic rings. The van der Waals surface area contributed by atoms with Gasteiger partial charge in [-0.15, -0.1) is 0 Å². The maximum absolute atomic E-state index is 12.5. The summed E-state index contributed by atoms with van der Waals surface area (Å²) in [5.41, 5.74) is 0. The van der Waals surface area contributed by atoms with Crippen molar-refractivity contribution in [2.75, 3.05) is 13.2 Å². The molecule has 0 aromatic carbocycles. The number of esters is 1. The molecule has 2 atom stereocenters. The first-order chi connectivity index (χ1) is 40.5. The van der Waals surface area contributed by atoms with Crippen LogP contribution in [0, 0.1) is 0 Å². The van der Waals surface area contributed by atoms with Crippen LogP contribution < -0.4 is 5.32 Å². The van der Waals surface area contributed by atoms with Gasteiger partial charge >= 0.3 is 5.97 Å². The number of hydrogen-bond acceptors (Lipinski definition) is 5. The van der Waals surface area contributed by atoms with Crippen LogP contribution in [-0.4, -0.2) is 47.4 Å². The number of nitrogens with one attached hydrogen (secondary N) is 1. The topological polar surface area (TPSA) is 95.9 Å². The van der Waals surface area contributed by atoms with E-state index < -0.39 is 12.1 Å². The molecule has 0 aromatic rings. The third-order valence-electron chi connectivity index (χ3n) is 17.7. The zero-order chi connectivity index (χ0) is 59.2. The van der Waals surface area contributed by atoms with Gasteiger partial charge in [-0.1, -0.05) is 359 Å². The van der Waals surface area contributed by atoms with E-state index in [9.17, 15) is 19.8 Å². The molecule has 0 bridgehead atoms. The Morgan fingerprint density at radius 3 is 0.866 bits per heavy atom. The van der Waals surface area contributed by atoms with Crippen molar-refractivity contribution in [3.05, 3.63) is 24.3 Å². The standard InChI is InChI=1S/C76H147NO5/c1-3-5-7-9-11-13-15-17-18-19-40-43-46-50-54-58-62-66-70-76(81)82-71-67-63-59-55-51-47-44-41-38-36-34-32-30-28-26-24-22-20-21-23-25-27-29-31-33-35-37-39-42-45-49-53-57-61-65-69-75(80)77-73(72-78)74(79)68-64-60-56-52-48-16-14-12-10-8-6-4-2/h18-19,22,24,73-74,78-79H,3-17,20-21,23,25-72H2,1-2H3,(H,77,80)/b19-18-,24-22-. The highest BCUT2D eigenvalue weighted by molar-refractivity contribution is 5.76. The fourth-order valence-electron chi connectivity index (χ4n) is 12.0. The van der Waals surface area contributed by atoms with E-state index in [-0.39, 0.29) is 18.5 Å². The van der Waals surface area contributed by atoms with Gasteiger partial charge in [-0.05, 0) is 77.0 Å². The number of aliphatic hydroxyl groups excluding tert-OH is 2. The predicted octanol–water partition coefficient (Wildman–Crippen LogP) is 24.5. The fraction of sp³-hybridized carbons (Fsp3) is 0.921. The van der Waals surface area contributed by atoms with Gasteiger partial charge in [0.2, 0.25) is 5.91 Å². The largest absolute Gasteiger partial charge is 0.466 e. The lowest BCUT2D eigenvalue weighted by Gasteiger charge is -2.22. The highest BCUT2D eigenvalue weighted by Gasteiger charge is 2.20. The third kappa shape index (κ3) is 67.5. The molecule has 2 unspecified atom stereocenters. The molecule has 486 valence electrons. The summed E-state index contributed by atoms with van der Waals surface area (Å²) >= 11 is 0. The Bertz CT molecular complexity index is 1280. The molecule has 6 nitrogen and oxygen atoms in total. The zero-order valence-corrected chi connectivity index (χ0v) is 55.8. The van der Waals surface area contributed by atoms with Crippen LogP contribution in [0.25, 0.3) is 0 Å². The van der Waals surface area contributed by atoms with Gasteiger partial charge in [0.15, 0.2) is 0 Å². The number of ether oxygens (including phenoxy) is 1. The molecule has 0 fully saturated rings. The minimum atomic E-state index is -0.660. The van der Waals surface area contributed by atoms with Crippen molar-refractivity contribution in [3.8, 4) is 0 Å². The molecular formula is C76H147NO5. The van der Waals surface area contributed by atoms with Crippen LogP contribution in [0.1, 0.15) is 425 Å². The molecule has 3 N–H and O–H groups in total. The molecule has 0 aliphatic heterocycles. The molecule has 0 heterocycles. The summed E-state index contributed by atoms with van der Waals surface area (Å²) in [6.07, 6.45) is 91.2. The number of carbonyl (C=O) groups excluding carboxylic acids is 2. The summed E-state index contributed by atoms with van der Waals surface area (Å²) in [6.45, 7) is 4.98. The van der Waals surface area contributed by atoms with Gasteiger partial charge in [0.1, 0.15) is 0 Å². The first kappa shape index (κ1) is 80.3. The van der Waals surface area contributed by atoms with Gasteiger partial charge < -0.3 is 20.3 Å². The van der Waals surface area contributed by atoms with Crippen LogP contribution >= 0.6 is 0 Å². The van der Waals surface area contributed by atoms with Gasteiger partial charge in [-0.2, -0.15) is 0 Å². The summed E-state index contributed by atoms with van der Waals surface area (Å²) in [6, 6.07) is -0.537. The number of rotatable bonds is 71. The predicted molar refractivity (Wildman–Crippen MR) is 361 cm³/mol. The van der Waals surface area contributed by atoms with E-state index in [1.165, 1.54) is 347 Å². The van der Waals surface area contributed by atoms with Crippen molar-refractivity contribution < 1.29 is 24.5 Å². The molecule has 0 rings (SSSR count). The Labute approximate surface area is 513 Å². The average Bonchev–Trinajstić information content (AvgIpc) is 3.48. The maximum atomic E-state index is 12.5.